The largest absolute Gasteiger partial charge is 0.236 e. The molecule has 0 aliphatic heterocycles. The monoisotopic (exact) mass is 237 g/mol. The summed E-state index contributed by atoms with van der Waals surface area (Å²) in [6.45, 7) is 0. The first-order valence-corrected chi connectivity index (χ1v) is 5.35. The second-order valence-corrected chi connectivity index (χ2v) is 3.76. The lowest BCUT2D eigenvalue weighted by Gasteiger charge is -1.96. The molecule has 0 aliphatic carbocycles. The van der Waals surface area contributed by atoms with Gasteiger partial charge in [-0.2, -0.15) is 5.10 Å². The molecule has 0 bridgehead atoms. The van der Waals surface area contributed by atoms with Crippen LogP contribution in [0.3, 0.4) is 0 Å². The number of halogens is 1. The van der Waals surface area contributed by atoms with Crippen molar-refractivity contribution in [2.24, 2.45) is 0 Å². The fourth-order valence-corrected chi connectivity index (χ4v) is 1.83. The maximum atomic E-state index is 12.9. The predicted molar refractivity (Wildman–Crippen MR) is 66.3 cm³/mol. The third kappa shape index (κ3) is 1.54. The van der Waals surface area contributed by atoms with Crippen LogP contribution in [-0.4, -0.2) is 14.6 Å². The summed E-state index contributed by atoms with van der Waals surface area (Å²) in [6.07, 6.45) is 8.94. The normalized spacial score (nSPS) is 10.4. The first kappa shape index (κ1) is 10.5. The van der Waals surface area contributed by atoms with Crippen molar-refractivity contribution in [3.63, 3.8) is 0 Å². The van der Waals surface area contributed by atoms with E-state index in [1.54, 1.807) is 35.1 Å². The Bertz CT molecular complexity index is 751. The van der Waals surface area contributed by atoms with Gasteiger partial charge in [-0.1, -0.05) is 5.92 Å². The standard InChI is InChI=1S/C14H8FN3/c1-2-12-13(10-4-6-11(15)7-5-10)17-18-9-3-8-16-14(12)18/h1,3-9H. The van der Waals surface area contributed by atoms with E-state index in [4.69, 9.17) is 6.42 Å². The number of nitrogens with zero attached hydrogens (tertiary/aromatic N) is 3. The molecular formula is C14H8FN3. The van der Waals surface area contributed by atoms with Gasteiger partial charge in [-0.05, 0) is 30.3 Å². The molecule has 3 aromatic rings. The molecule has 0 radical (unpaired) electrons. The lowest BCUT2D eigenvalue weighted by atomic mass is 10.1. The van der Waals surface area contributed by atoms with Gasteiger partial charge in [0.1, 0.15) is 11.5 Å². The van der Waals surface area contributed by atoms with Crippen molar-refractivity contribution in [3.8, 4) is 23.6 Å². The van der Waals surface area contributed by atoms with Gasteiger partial charge in [-0.15, -0.1) is 6.42 Å². The number of fused-ring (bicyclic) bond motifs is 1. The van der Waals surface area contributed by atoms with Crippen molar-refractivity contribution in [1.29, 1.82) is 0 Å². The van der Waals surface area contributed by atoms with Crippen LogP contribution in [0.15, 0.2) is 42.7 Å². The zero-order chi connectivity index (χ0) is 12.5. The van der Waals surface area contributed by atoms with Crippen molar-refractivity contribution >= 4 is 5.65 Å². The minimum atomic E-state index is -0.289. The second-order valence-electron chi connectivity index (χ2n) is 3.76. The van der Waals surface area contributed by atoms with Crippen LogP contribution in [0.25, 0.3) is 16.9 Å². The fraction of sp³-hybridized carbons (Fsp3) is 0. The summed E-state index contributed by atoms with van der Waals surface area (Å²) < 4.78 is 14.5. The quantitative estimate of drug-likeness (QED) is 0.609. The van der Waals surface area contributed by atoms with Gasteiger partial charge in [0.15, 0.2) is 5.65 Å². The number of rotatable bonds is 1. The van der Waals surface area contributed by atoms with E-state index in [1.165, 1.54) is 12.1 Å². The fourth-order valence-electron chi connectivity index (χ4n) is 1.83. The summed E-state index contributed by atoms with van der Waals surface area (Å²) >= 11 is 0. The van der Waals surface area contributed by atoms with Gasteiger partial charge in [-0.3, -0.25) is 0 Å². The third-order valence-electron chi connectivity index (χ3n) is 2.66. The van der Waals surface area contributed by atoms with Gasteiger partial charge in [0.2, 0.25) is 0 Å². The van der Waals surface area contributed by atoms with Gasteiger partial charge in [0.25, 0.3) is 0 Å². The maximum absolute atomic E-state index is 12.9. The first-order valence-electron chi connectivity index (χ1n) is 5.35. The molecule has 18 heavy (non-hydrogen) atoms. The molecule has 0 spiro atoms. The minimum absolute atomic E-state index is 0.289. The summed E-state index contributed by atoms with van der Waals surface area (Å²) in [4.78, 5) is 4.20. The van der Waals surface area contributed by atoms with E-state index in [2.05, 4.69) is 16.0 Å². The Morgan fingerprint density at radius 2 is 2.00 bits per heavy atom. The molecule has 3 rings (SSSR count). The van der Waals surface area contributed by atoms with E-state index < -0.39 is 0 Å². The van der Waals surface area contributed by atoms with Crippen LogP contribution in [0, 0.1) is 18.2 Å². The van der Waals surface area contributed by atoms with E-state index in [0.29, 0.717) is 16.9 Å². The highest BCUT2D eigenvalue weighted by Gasteiger charge is 2.13. The molecule has 0 amide bonds. The Balaban J connectivity index is 2.29. The van der Waals surface area contributed by atoms with Crippen molar-refractivity contribution in [2.75, 3.05) is 0 Å². The van der Waals surface area contributed by atoms with Gasteiger partial charge < -0.3 is 0 Å². The summed E-state index contributed by atoms with van der Waals surface area (Å²) in [5, 5.41) is 4.37. The number of hydrogen-bond acceptors (Lipinski definition) is 2. The number of benzene rings is 1. The molecule has 1 aromatic carbocycles. The number of aromatic nitrogens is 3. The molecule has 0 N–H and O–H groups in total. The van der Waals surface area contributed by atoms with E-state index in [0.717, 1.165) is 5.56 Å². The first-order chi connectivity index (χ1) is 8.79. The Labute approximate surface area is 103 Å². The molecule has 86 valence electrons. The van der Waals surface area contributed by atoms with E-state index in [-0.39, 0.29) is 5.82 Å². The summed E-state index contributed by atoms with van der Waals surface area (Å²) in [7, 11) is 0. The summed E-state index contributed by atoms with van der Waals surface area (Å²) in [5.41, 5.74) is 2.65. The Hall–Kier alpha value is -2.67. The molecule has 4 heteroatoms. The van der Waals surface area contributed by atoms with Gasteiger partial charge in [0.05, 0.1) is 5.56 Å². The van der Waals surface area contributed by atoms with E-state index in [1.807, 2.05) is 0 Å². The number of hydrogen-bond donors (Lipinski definition) is 0. The lowest BCUT2D eigenvalue weighted by molar-refractivity contribution is 0.628. The van der Waals surface area contributed by atoms with Crippen LogP contribution in [0.1, 0.15) is 5.56 Å². The average Bonchev–Trinajstić information content (AvgIpc) is 2.78. The van der Waals surface area contributed by atoms with Crippen molar-refractivity contribution in [3.05, 3.63) is 54.1 Å². The van der Waals surface area contributed by atoms with Gasteiger partial charge >= 0.3 is 0 Å². The van der Waals surface area contributed by atoms with E-state index in [9.17, 15) is 4.39 Å². The van der Waals surface area contributed by atoms with Crippen LogP contribution in [-0.2, 0) is 0 Å². The average molecular weight is 237 g/mol. The zero-order valence-electron chi connectivity index (χ0n) is 9.34. The molecule has 0 unspecified atom stereocenters. The summed E-state index contributed by atoms with van der Waals surface area (Å²) in [6, 6.07) is 7.84. The maximum Gasteiger partial charge on any atom is 0.171 e. The zero-order valence-corrected chi connectivity index (χ0v) is 9.34. The van der Waals surface area contributed by atoms with E-state index >= 15 is 0 Å². The third-order valence-corrected chi connectivity index (χ3v) is 2.66. The SMILES string of the molecule is C#Cc1c(-c2ccc(F)cc2)nn2cccnc12. The van der Waals surface area contributed by atoms with Crippen LogP contribution < -0.4 is 0 Å². The van der Waals surface area contributed by atoms with Crippen LogP contribution in [0.4, 0.5) is 4.39 Å². The van der Waals surface area contributed by atoms with Crippen LogP contribution in [0.2, 0.25) is 0 Å². The van der Waals surface area contributed by atoms with Crippen molar-refractivity contribution < 1.29 is 4.39 Å². The molecule has 0 atom stereocenters. The molecule has 0 aliphatic rings. The Kier molecular flexibility index (Phi) is 2.31. The highest BCUT2D eigenvalue weighted by atomic mass is 19.1. The highest BCUT2D eigenvalue weighted by Crippen LogP contribution is 2.24. The van der Waals surface area contributed by atoms with Gasteiger partial charge in [0, 0.05) is 18.0 Å². The second kappa shape index (κ2) is 3.97. The highest BCUT2D eigenvalue weighted by molar-refractivity contribution is 5.75. The molecule has 2 heterocycles. The topological polar surface area (TPSA) is 30.2 Å². The van der Waals surface area contributed by atoms with Crippen molar-refractivity contribution in [1.82, 2.24) is 14.6 Å². The molecule has 3 nitrogen and oxygen atoms in total. The molecule has 0 saturated heterocycles. The van der Waals surface area contributed by atoms with Gasteiger partial charge in [-0.25, -0.2) is 13.9 Å². The molecule has 0 fully saturated rings. The number of terminal acetylenes is 1. The molecule has 0 saturated carbocycles. The minimum Gasteiger partial charge on any atom is -0.236 e. The van der Waals surface area contributed by atoms with Crippen molar-refractivity contribution in [2.45, 2.75) is 0 Å². The molecular weight excluding hydrogens is 229 g/mol. The Morgan fingerprint density at radius 3 is 2.72 bits per heavy atom. The lowest BCUT2D eigenvalue weighted by Crippen LogP contribution is -1.87. The predicted octanol–water partition coefficient (Wildman–Crippen LogP) is 2.52. The smallest absolute Gasteiger partial charge is 0.171 e. The van der Waals surface area contributed by atoms with Crippen LogP contribution in [0.5, 0.6) is 0 Å². The Morgan fingerprint density at radius 1 is 1.22 bits per heavy atom. The van der Waals surface area contributed by atoms with Crippen LogP contribution >= 0.6 is 0 Å². The summed E-state index contributed by atoms with van der Waals surface area (Å²) in [5.74, 6) is 2.30. The molecule has 2 aromatic heterocycles.